The fraction of sp³-hybridized carbons (Fsp3) is 0.786. The normalized spacial score (nSPS) is 28.6. The van der Waals surface area contributed by atoms with Gasteiger partial charge in [-0.05, 0) is 44.1 Å². The second-order valence-corrected chi connectivity index (χ2v) is 6.41. The minimum absolute atomic E-state index is 0.233. The van der Waals surface area contributed by atoms with Gasteiger partial charge in [0.05, 0.1) is 16.4 Å². The summed E-state index contributed by atoms with van der Waals surface area (Å²) in [5, 5.41) is 5.22. The Labute approximate surface area is 115 Å². The van der Waals surface area contributed by atoms with Crippen molar-refractivity contribution in [1.29, 1.82) is 0 Å². The number of aromatic nitrogens is 2. The lowest BCUT2D eigenvalue weighted by atomic mass is 9.68. The van der Waals surface area contributed by atoms with Crippen LogP contribution in [0, 0.1) is 18.3 Å². The van der Waals surface area contributed by atoms with Gasteiger partial charge in [0, 0.05) is 7.05 Å². The highest BCUT2D eigenvalue weighted by atomic mass is 35.5. The molecule has 1 heterocycles. The van der Waals surface area contributed by atoms with Crippen molar-refractivity contribution in [2.75, 3.05) is 6.54 Å². The Bertz CT molecular complexity index is 417. The Morgan fingerprint density at radius 3 is 2.50 bits per heavy atom. The topological polar surface area (TPSA) is 43.8 Å². The van der Waals surface area contributed by atoms with Gasteiger partial charge in [-0.2, -0.15) is 5.10 Å². The highest BCUT2D eigenvalue weighted by Crippen LogP contribution is 2.41. The first-order valence-electron chi connectivity index (χ1n) is 6.85. The first-order valence-corrected chi connectivity index (χ1v) is 7.23. The SMILES string of the molecule is Cc1nn(C)c(CC2(CN)CCC(C)CC2)c1Cl. The van der Waals surface area contributed by atoms with Crippen molar-refractivity contribution in [2.24, 2.45) is 24.1 Å². The summed E-state index contributed by atoms with van der Waals surface area (Å²) in [6.07, 6.45) is 5.96. The summed E-state index contributed by atoms with van der Waals surface area (Å²) in [5.74, 6) is 0.841. The van der Waals surface area contributed by atoms with E-state index in [1.165, 1.54) is 25.7 Å². The average molecular weight is 270 g/mol. The molecule has 0 amide bonds. The van der Waals surface area contributed by atoms with Crippen molar-refractivity contribution in [3.05, 3.63) is 16.4 Å². The van der Waals surface area contributed by atoms with Gasteiger partial charge < -0.3 is 5.73 Å². The molecule has 3 nitrogen and oxygen atoms in total. The minimum atomic E-state index is 0.233. The standard InChI is InChI=1S/C14H24ClN3/c1-10-4-6-14(9-16,7-5-10)8-12-13(15)11(2)17-18(12)3/h10H,4-9,16H2,1-3H3. The zero-order valence-corrected chi connectivity index (χ0v) is 12.4. The lowest BCUT2D eigenvalue weighted by Crippen LogP contribution is -2.37. The molecule has 4 heteroatoms. The summed E-state index contributed by atoms with van der Waals surface area (Å²) < 4.78 is 1.92. The summed E-state index contributed by atoms with van der Waals surface area (Å²) in [4.78, 5) is 0. The third-order valence-electron chi connectivity index (χ3n) is 4.57. The molecule has 0 atom stereocenters. The van der Waals surface area contributed by atoms with Crippen molar-refractivity contribution in [3.8, 4) is 0 Å². The molecule has 1 saturated carbocycles. The van der Waals surface area contributed by atoms with Crippen molar-refractivity contribution in [3.63, 3.8) is 0 Å². The van der Waals surface area contributed by atoms with Gasteiger partial charge in [0.2, 0.25) is 0 Å². The number of halogens is 1. The van der Waals surface area contributed by atoms with Crippen LogP contribution in [0.3, 0.4) is 0 Å². The van der Waals surface area contributed by atoms with E-state index in [0.29, 0.717) is 0 Å². The monoisotopic (exact) mass is 269 g/mol. The van der Waals surface area contributed by atoms with E-state index in [1.54, 1.807) is 0 Å². The van der Waals surface area contributed by atoms with E-state index >= 15 is 0 Å². The molecule has 18 heavy (non-hydrogen) atoms. The van der Waals surface area contributed by atoms with Crippen LogP contribution in [0.2, 0.25) is 5.02 Å². The van der Waals surface area contributed by atoms with Gasteiger partial charge in [-0.25, -0.2) is 0 Å². The number of aryl methyl sites for hydroxylation is 2. The molecule has 2 rings (SSSR count). The molecule has 1 aromatic rings. The van der Waals surface area contributed by atoms with Crippen LogP contribution in [0.1, 0.15) is 44.0 Å². The van der Waals surface area contributed by atoms with Crippen LogP contribution in [0.4, 0.5) is 0 Å². The third-order valence-corrected chi connectivity index (χ3v) is 5.06. The van der Waals surface area contributed by atoms with Gasteiger partial charge in [0.15, 0.2) is 0 Å². The molecule has 0 unspecified atom stereocenters. The fourth-order valence-corrected chi connectivity index (χ4v) is 3.28. The van der Waals surface area contributed by atoms with Crippen molar-refractivity contribution < 1.29 is 0 Å². The van der Waals surface area contributed by atoms with Gasteiger partial charge >= 0.3 is 0 Å². The number of nitrogens with two attached hydrogens (primary N) is 1. The van der Waals surface area contributed by atoms with Crippen LogP contribution >= 0.6 is 11.6 Å². The van der Waals surface area contributed by atoms with Crippen LogP contribution in [0.15, 0.2) is 0 Å². The molecule has 1 aliphatic carbocycles. The summed E-state index contributed by atoms with van der Waals surface area (Å²) in [6.45, 7) is 5.05. The quantitative estimate of drug-likeness (QED) is 0.916. The van der Waals surface area contributed by atoms with Crippen LogP contribution in [-0.2, 0) is 13.5 Å². The second-order valence-electron chi connectivity index (χ2n) is 6.03. The lowest BCUT2D eigenvalue weighted by Gasteiger charge is -2.38. The van der Waals surface area contributed by atoms with Gasteiger partial charge in [-0.3, -0.25) is 4.68 Å². The largest absolute Gasteiger partial charge is 0.330 e. The Kier molecular flexibility index (Phi) is 4.02. The minimum Gasteiger partial charge on any atom is -0.330 e. The van der Waals surface area contributed by atoms with Crippen LogP contribution in [0.25, 0.3) is 0 Å². The maximum atomic E-state index is 6.36. The van der Waals surface area contributed by atoms with Gasteiger partial charge in [-0.15, -0.1) is 0 Å². The van der Waals surface area contributed by atoms with E-state index in [4.69, 9.17) is 17.3 Å². The summed E-state index contributed by atoms with van der Waals surface area (Å²) in [5.41, 5.74) is 8.37. The number of rotatable bonds is 3. The van der Waals surface area contributed by atoms with Gasteiger partial charge in [0.25, 0.3) is 0 Å². The maximum absolute atomic E-state index is 6.36. The van der Waals surface area contributed by atoms with Crippen LogP contribution in [0.5, 0.6) is 0 Å². The summed E-state index contributed by atoms with van der Waals surface area (Å²) >= 11 is 6.36. The number of hydrogen-bond acceptors (Lipinski definition) is 2. The second kappa shape index (κ2) is 5.22. The zero-order chi connectivity index (χ0) is 13.3. The van der Waals surface area contributed by atoms with Crippen LogP contribution < -0.4 is 5.73 Å². The van der Waals surface area contributed by atoms with Gasteiger partial charge in [-0.1, -0.05) is 31.4 Å². The fourth-order valence-electron chi connectivity index (χ4n) is 3.05. The molecular weight excluding hydrogens is 246 g/mol. The van der Waals surface area contributed by atoms with Crippen molar-refractivity contribution >= 4 is 11.6 Å². The number of nitrogens with zero attached hydrogens (tertiary/aromatic N) is 2. The molecular formula is C14H24ClN3. The van der Waals surface area contributed by atoms with E-state index in [9.17, 15) is 0 Å². The van der Waals surface area contributed by atoms with E-state index in [1.807, 2.05) is 18.7 Å². The predicted octanol–water partition coefficient (Wildman–Crippen LogP) is 3.08. The maximum Gasteiger partial charge on any atom is 0.0847 e. The molecule has 0 bridgehead atoms. The molecule has 102 valence electrons. The third kappa shape index (κ3) is 2.57. The van der Waals surface area contributed by atoms with E-state index in [0.717, 1.165) is 35.3 Å². The Morgan fingerprint density at radius 2 is 2.06 bits per heavy atom. The molecule has 1 aliphatic rings. The van der Waals surface area contributed by atoms with Crippen LogP contribution in [-0.4, -0.2) is 16.3 Å². The molecule has 0 aromatic carbocycles. The van der Waals surface area contributed by atoms with Crippen molar-refractivity contribution in [1.82, 2.24) is 9.78 Å². The number of hydrogen-bond donors (Lipinski definition) is 1. The zero-order valence-electron chi connectivity index (χ0n) is 11.7. The van der Waals surface area contributed by atoms with Crippen molar-refractivity contribution in [2.45, 2.75) is 46.0 Å². The smallest absolute Gasteiger partial charge is 0.0847 e. The Balaban J connectivity index is 2.20. The van der Waals surface area contributed by atoms with E-state index < -0.39 is 0 Å². The molecule has 0 radical (unpaired) electrons. The van der Waals surface area contributed by atoms with E-state index in [-0.39, 0.29) is 5.41 Å². The highest BCUT2D eigenvalue weighted by molar-refractivity contribution is 6.31. The Morgan fingerprint density at radius 1 is 1.44 bits per heavy atom. The first kappa shape index (κ1) is 13.9. The predicted molar refractivity (Wildman–Crippen MR) is 75.8 cm³/mol. The molecule has 0 aliphatic heterocycles. The average Bonchev–Trinajstić information content (AvgIpc) is 2.59. The summed E-state index contributed by atoms with van der Waals surface area (Å²) in [7, 11) is 1.98. The van der Waals surface area contributed by atoms with Gasteiger partial charge in [0.1, 0.15) is 0 Å². The Hall–Kier alpha value is -0.540. The highest BCUT2D eigenvalue weighted by Gasteiger charge is 2.34. The first-order chi connectivity index (χ1) is 8.47. The molecule has 0 spiro atoms. The molecule has 1 aromatic heterocycles. The molecule has 1 fully saturated rings. The molecule has 0 saturated heterocycles. The molecule has 2 N–H and O–H groups in total. The van der Waals surface area contributed by atoms with E-state index in [2.05, 4.69) is 12.0 Å². The lowest BCUT2D eigenvalue weighted by molar-refractivity contribution is 0.160. The summed E-state index contributed by atoms with van der Waals surface area (Å²) in [6, 6.07) is 0.